The lowest BCUT2D eigenvalue weighted by molar-refractivity contribution is -0.139. The molecule has 3 rings (SSSR count). The summed E-state index contributed by atoms with van der Waals surface area (Å²) >= 11 is 0. The fourth-order valence-electron chi connectivity index (χ4n) is 2.72. The molecule has 2 N–H and O–H groups in total. The van der Waals surface area contributed by atoms with Crippen molar-refractivity contribution >= 4 is 22.8 Å². The van der Waals surface area contributed by atoms with Gasteiger partial charge in [-0.25, -0.2) is 0 Å². The minimum Gasteiger partial charge on any atom is -0.481 e. The van der Waals surface area contributed by atoms with Crippen LogP contribution >= 0.6 is 0 Å². The average molecular weight is 288 g/mol. The van der Waals surface area contributed by atoms with Gasteiger partial charge in [-0.05, 0) is 18.2 Å². The van der Waals surface area contributed by atoms with Crippen molar-refractivity contribution in [3.63, 3.8) is 0 Å². The number of nitrogens with zero attached hydrogens (tertiary/aromatic N) is 1. The van der Waals surface area contributed by atoms with Crippen molar-refractivity contribution in [2.45, 2.75) is 12.5 Å². The number of hydrogen-bond donors (Lipinski definition) is 2. The first kappa shape index (κ1) is 13.6. The number of aromatic nitrogens is 1. The smallest absolute Gasteiger partial charge is 0.305 e. The van der Waals surface area contributed by atoms with Crippen LogP contribution in [0.4, 0.5) is 0 Å². The topological polar surface area (TPSA) is 82.6 Å². The Labute approximate surface area is 121 Å². The average Bonchev–Trinajstić information content (AvgIpc) is 2.95. The van der Waals surface area contributed by atoms with E-state index < -0.39 is 12.0 Å². The Kier molecular flexibility index (Phi) is 3.62. The van der Waals surface area contributed by atoms with E-state index in [1.807, 2.05) is 18.2 Å². The molecule has 0 saturated carbocycles. The van der Waals surface area contributed by atoms with Crippen LogP contribution in [-0.2, 0) is 9.53 Å². The van der Waals surface area contributed by atoms with E-state index in [1.54, 1.807) is 17.2 Å². The number of ether oxygens (including phenoxy) is 1. The zero-order chi connectivity index (χ0) is 14.8. The lowest BCUT2D eigenvalue weighted by atomic mass is 10.1. The van der Waals surface area contributed by atoms with Gasteiger partial charge in [-0.15, -0.1) is 0 Å². The van der Waals surface area contributed by atoms with Gasteiger partial charge in [0.1, 0.15) is 0 Å². The van der Waals surface area contributed by atoms with Crippen LogP contribution in [0.1, 0.15) is 16.8 Å². The van der Waals surface area contributed by atoms with Crippen LogP contribution in [0.3, 0.4) is 0 Å². The normalized spacial score (nSPS) is 18.9. The van der Waals surface area contributed by atoms with Gasteiger partial charge in [0.05, 0.1) is 25.7 Å². The van der Waals surface area contributed by atoms with Crippen LogP contribution in [0, 0.1) is 0 Å². The van der Waals surface area contributed by atoms with Gasteiger partial charge in [-0.3, -0.25) is 9.59 Å². The Hall–Kier alpha value is -2.34. The van der Waals surface area contributed by atoms with Crippen LogP contribution in [0.5, 0.6) is 0 Å². The molecule has 1 atom stereocenters. The molecule has 6 nitrogen and oxygen atoms in total. The minimum absolute atomic E-state index is 0.102. The predicted octanol–water partition coefficient (Wildman–Crippen LogP) is 1.48. The lowest BCUT2D eigenvalue weighted by Crippen LogP contribution is -2.49. The highest BCUT2D eigenvalue weighted by Crippen LogP contribution is 2.22. The van der Waals surface area contributed by atoms with E-state index in [4.69, 9.17) is 9.84 Å². The fourth-order valence-corrected chi connectivity index (χ4v) is 2.72. The summed E-state index contributed by atoms with van der Waals surface area (Å²) in [4.78, 5) is 28.4. The van der Waals surface area contributed by atoms with Crippen molar-refractivity contribution in [3.8, 4) is 0 Å². The van der Waals surface area contributed by atoms with Gasteiger partial charge < -0.3 is 19.7 Å². The molecule has 2 heterocycles. The molecule has 0 aliphatic carbocycles. The van der Waals surface area contributed by atoms with E-state index in [2.05, 4.69) is 4.98 Å². The number of rotatable bonds is 3. The second kappa shape index (κ2) is 5.57. The standard InChI is InChI=1S/C15H16N2O4/c18-14(19)8-10-9-21-7-6-17(10)15(20)12-2-1-3-13-11(12)4-5-16-13/h1-5,10,16H,6-9H2,(H,18,19)/t10-/m1/s1. The second-order valence-electron chi connectivity index (χ2n) is 5.07. The van der Waals surface area contributed by atoms with E-state index in [1.165, 1.54) is 0 Å². The van der Waals surface area contributed by atoms with Crippen molar-refractivity contribution in [1.82, 2.24) is 9.88 Å². The van der Waals surface area contributed by atoms with E-state index in [0.29, 0.717) is 18.7 Å². The van der Waals surface area contributed by atoms with Gasteiger partial charge in [-0.2, -0.15) is 0 Å². The summed E-state index contributed by atoms with van der Waals surface area (Å²) in [7, 11) is 0. The molecule has 110 valence electrons. The number of aliphatic carboxylic acids is 1. The van der Waals surface area contributed by atoms with E-state index in [0.717, 1.165) is 10.9 Å². The van der Waals surface area contributed by atoms with E-state index in [-0.39, 0.29) is 18.9 Å². The number of carbonyl (C=O) groups is 2. The monoisotopic (exact) mass is 288 g/mol. The number of aromatic amines is 1. The summed E-state index contributed by atoms with van der Waals surface area (Å²) < 4.78 is 5.31. The SMILES string of the molecule is O=C(O)C[C@@H]1COCCN1C(=O)c1cccc2[nH]ccc12. The molecule has 1 aliphatic heterocycles. The maximum atomic E-state index is 12.8. The number of morpholine rings is 1. The van der Waals surface area contributed by atoms with Crippen molar-refractivity contribution in [1.29, 1.82) is 0 Å². The first-order valence-corrected chi connectivity index (χ1v) is 6.83. The Bertz CT molecular complexity index is 679. The Morgan fingerprint density at radius 1 is 1.38 bits per heavy atom. The molecule has 1 saturated heterocycles. The number of nitrogens with one attached hydrogen (secondary N) is 1. The Balaban J connectivity index is 1.92. The summed E-state index contributed by atoms with van der Waals surface area (Å²) in [5, 5.41) is 9.83. The van der Waals surface area contributed by atoms with Crippen LogP contribution < -0.4 is 0 Å². The summed E-state index contributed by atoms with van der Waals surface area (Å²) in [6, 6.07) is 6.93. The molecule has 1 aliphatic rings. The van der Waals surface area contributed by atoms with Gasteiger partial charge in [0, 0.05) is 29.2 Å². The first-order chi connectivity index (χ1) is 10.2. The summed E-state index contributed by atoms with van der Waals surface area (Å²) in [6.07, 6.45) is 1.68. The second-order valence-corrected chi connectivity index (χ2v) is 5.07. The third kappa shape index (κ3) is 2.62. The molecule has 1 aromatic heterocycles. The Morgan fingerprint density at radius 2 is 2.24 bits per heavy atom. The van der Waals surface area contributed by atoms with Gasteiger partial charge in [0.25, 0.3) is 5.91 Å². The first-order valence-electron chi connectivity index (χ1n) is 6.83. The van der Waals surface area contributed by atoms with Crippen molar-refractivity contribution in [2.24, 2.45) is 0 Å². The maximum Gasteiger partial charge on any atom is 0.305 e. The quantitative estimate of drug-likeness (QED) is 0.896. The molecular formula is C15H16N2O4. The minimum atomic E-state index is -0.928. The van der Waals surface area contributed by atoms with Crippen LogP contribution in [-0.4, -0.2) is 52.7 Å². The summed E-state index contributed by atoms with van der Waals surface area (Å²) in [6.45, 7) is 1.11. The number of carbonyl (C=O) groups excluding carboxylic acids is 1. The molecule has 1 aromatic carbocycles. The molecule has 1 amide bonds. The number of benzene rings is 1. The number of carboxylic acid groups (broad SMARTS) is 1. The Morgan fingerprint density at radius 3 is 3.05 bits per heavy atom. The molecule has 21 heavy (non-hydrogen) atoms. The predicted molar refractivity (Wildman–Crippen MR) is 76.2 cm³/mol. The third-order valence-electron chi connectivity index (χ3n) is 3.72. The highest BCUT2D eigenvalue weighted by molar-refractivity contribution is 6.06. The highest BCUT2D eigenvalue weighted by atomic mass is 16.5. The molecule has 0 bridgehead atoms. The summed E-state index contributed by atoms with van der Waals surface area (Å²) in [5.41, 5.74) is 1.48. The largest absolute Gasteiger partial charge is 0.481 e. The molecular weight excluding hydrogens is 272 g/mol. The molecule has 0 spiro atoms. The lowest BCUT2D eigenvalue weighted by Gasteiger charge is -2.35. The van der Waals surface area contributed by atoms with Crippen LogP contribution in [0.2, 0.25) is 0 Å². The molecule has 0 radical (unpaired) electrons. The van der Waals surface area contributed by atoms with E-state index >= 15 is 0 Å². The van der Waals surface area contributed by atoms with Gasteiger partial charge in [-0.1, -0.05) is 6.07 Å². The highest BCUT2D eigenvalue weighted by Gasteiger charge is 2.30. The zero-order valence-electron chi connectivity index (χ0n) is 11.4. The van der Waals surface area contributed by atoms with E-state index in [9.17, 15) is 9.59 Å². The number of carboxylic acids is 1. The zero-order valence-corrected chi connectivity index (χ0v) is 11.4. The van der Waals surface area contributed by atoms with Crippen molar-refractivity contribution < 1.29 is 19.4 Å². The number of amides is 1. The molecule has 2 aromatic rings. The fraction of sp³-hybridized carbons (Fsp3) is 0.333. The molecule has 6 heteroatoms. The number of hydrogen-bond acceptors (Lipinski definition) is 3. The van der Waals surface area contributed by atoms with Crippen molar-refractivity contribution in [3.05, 3.63) is 36.0 Å². The van der Waals surface area contributed by atoms with Gasteiger partial charge in [0.2, 0.25) is 0 Å². The number of fused-ring (bicyclic) bond motifs is 1. The molecule has 1 fully saturated rings. The molecule has 0 unspecified atom stereocenters. The van der Waals surface area contributed by atoms with Gasteiger partial charge in [0.15, 0.2) is 0 Å². The van der Waals surface area contributed by atoms with Crippen LogP contribution in [0.25, 0.3) is 10.9 Å². The van der Waals surface area contributed by atoms with Crippen molar-refractivity contribution in [2.75, 3.05) is 19.8 Å². The van der Waals surface area contributed by atoms with Crippen LogP contribution in [0.15, 0.2) is 30.5 Å². The number of H-pyrrole nitrogens is 1. The third-order valence-corrected chi connectivity index (χ3v) is 3.72. The summed E-state index contributed by atoms with van der Waals surface area (Å²) in [5.74, 6) is -1.07. The maximum absolute atomic E-state index is 12.8. The van der Waals surface area contributed by atoms with Gasteiger partial charge >= 0.3 is 5.97 Å².